The number of ether oxygens (including phenoxy) is 2. The maximum atomic E-state index is 10.6. The first-order valence-electron chi connectivity index (χ1n) is 6.82. The lowest BCUT2D eigenvalue weighted by Crippen LogP contribution is -2.42. The van der Waals surface area contributed by atoms with E-state index in [-0.39, 0.29) is 17.2 Å². The van der Waals surface area contributed by atoms with E-state index in [2.05, 4.69) is 33.9 Å². The fourth-order valence-corrected chi connectivity index (χ4v) is 2.66. The molecule has 0 aliphatic heterocycles. The van der Waals surface area contributed by atoms with E-state index in [1.165, 1.54) is 0 Å². The van der Waals surface area contributed by atoms with Crippen LogP contribution >= 0.6 is 0 Å². The topological polar surface area (TPSA) is 44.8 Å². The summed E-state index contributed by atoms with van der Waals surface area (Å²) in [6, 6.07) is 0. The Morgan fingerprint density at radius 1 is 1.11 bits per heavy atom. The second-order valence-electron chi connectivity index (χ2n) is 6.35. The first-order valence-corrected chi connectivity index (χ1v) is 9.73. The lowest BCUT2D eigenvalue weighted by atomic mass is 10.1. The SMILES string of the molecule is CO[C@@H](CC=O)[C@H](CCO[Si](C)(C)C(C)(C)C)OC. The van der Waals surface area contributed by atoms with Gasteiger partial charge in [-0.25, -0.2) is 0 Å². The molecule has 2 atom stereocenters. The summed E-state index contributed by atoms with van der Waals surface area (Å²) in [5.41, 5.74) is 0. The molecule has 0 heterocycles. The van der Waals surface area contributed by atoms with Crippen molar-refractivity contribution in [3.05, 3.63) is 0 Å². The van der Waals surface area contributed by atoms with Crippen molar-refractivity contribution >= 4 is 14.6 Å². The van der Waals surface area contributed by atoms with Crippen LogP contribution in [0, 0.1) is 0 Å². The summed E-state index contributed by atoms with van der Waals surface area (Å²) in [5, 5.41) is 0.207. The van der Waals surface area contributed by atoms with Gasteiger partial charge >= 0.3 is 0 Å². The number of rotatable bonds is 9. The quantitative estimate of drug-likeness (QED) is 0.484. The minimum Gasteiger partial charge on any atom is -0.417 e. The van der Waals surface area contributed by atoms with Crippen LogP contribution in [0.15, 0.2) is 0 Å². The molecule has 0 spiro atoms. The molecule has 0 aromatic carbocycles. The summed E-state index contributed by atoms with van der Waals surface area (Å²) in [6.45, 7) is 11.8. The number of aldehydes is 1. The maximum absolute atomic E-state index is 10.6. The van der Waals surface area contributed by atoms with Gasteiger partial charge in [-0.15, -0.1) is 0 Å². The molecule has 0 unspecified atom stereocenters. The van der Waals surface area contributed by atoms with E-state index in [4.69, 9.17) is 13.9 Å². The lowest BCUT2D eigenvalue weighted by molar-refractivity contribution is -0.113. The van der Waals surface area contributed by atoms with Gasteiger partial charge in [0, 0.05) is 27.2 Å². The smallest absolute Gasteiger partial charge is 0.191 e. The summed E-state index contributed by atoms with van der Waals surface area (Å²) < 4.78 is 16.8. The van der Waals surface area contributed by atoms with Crippen LogP contribution in [0.3, 0.4) is 0 Å². The Hall–Kier alpha value is -0.233. The van der Waals surface area contributed by atoms with Crippen LogP contribution < -0.4 is 0 Å². The maximum Gasteiger partial charge on any atom is 0.191 e. The number of hydrogen-bond acceptors (Lipinski definition) is 4. The molecular formula is C14H30O4Si. The van der Waals surface area contributed by atoms with E-state index in [0.717, 1.165) is 12.7 Å². The molecule has 0 rings (SSSR count). The molecule has 0 aliphatic rings. The lowest BCUT2D eigenvalue weighted by Gasteiger charge is -2.36. The average Bonchev–Trinajstić information content (AvgIpc) is 2.31. The molecule has 0 fully saturated rings. The van der Waals surface area contributed by atoms with E-state index in [9.17, 15) is 4.79 Å². The second kappa shape index (κ2) is 8.14. The van der Waals surface area contributed by atoms with Crippen LogP contribution in [-0.4, -0.2) is 47.6 Å². The van der Waals surface area contributed by atoms with Crippen LogP contribution in [0.4, 0.5) is 0 Å². The summed E-state index contributed by atoms with van der Waals surface area (Å²) in [4.78, 5) is 10.6. The Bertz CT molecular complexity index is 261. The van der Waals surface area contributed by atoms with Crippen molar-refractivity contribution in [2.24, 2.45) is 0 Å². The zero-order chi connectivity index (χ0) is 15.1. The standard InChI is InChI=1S/C14H30O4Si/c1-14(2,3)19(6,7)18-11-9-13(17-5)12(16-4)8-10-15/h10,12-13H,8-9,11H2,1-7H3/t12-,13-/m0/s1. The Balaban J connectivity index is 4.33. The van der Waals surface area contributed by atoms with E-state index in [1.807, 2.05) is 0 Å². The third-order valence-electron chi connectivity index (χ3n) is 4.02. The van der Waals surface area contributed by atoms with Gasteiger partial charge in [0.25, 0.3) is 0 Å². The van der Waals surface area contributed by atoms with Crippen LogP contribution in [-0.2, 0) is 18.7 Å². The molecule has 0 saturated heterocycles. The zero-order valence-electron chi connectivity index (χ0n) is 13.5. The van der Waals surface area contributed by atoms with E-state index >= 15 is 0 Å². The molecule has 114 valence electrons. The van der Waals surface area contributed by atoms with Gasteiger partial charge in [0.2, 0.25) is 0 Å². The molecule has 19 heavy (non-hydrogen) atoms. The number of carbonyl (C=O) groups is 1. The molecule has 0 aliphatic carbocycles. The summed E-state index contributed by atoms with van der Waals surface area (Å²) in [5.74, 6) is 0. The van der Waals surface area contributed by atoms with Gasteiger partial charge in [0.05, 0.1) is 12.2 Å². The van der Waals surface area contributed by atoms with Crippen molar-refractivity contribution in [3.63, 3.8) is 0 Å². The largest absolute Gasteiger partial charge is 0.417 e. The average molecular weight is 290 g/mol. The van der Waals surface area contributed by atoms with Crippen molar-refractivity contribution in [2.45, 2.75) is 64.0 Å². The third-order valence-corrected chi connectivity index (χ3v) is 8.56. The summed E-state index contributed by atoms with van der Waals surface area (Å²) in [7, 11) is 1.54. The van der Waals surface area contributed by atoms with Gasteiger partial charge in [0.15, 0.2) is 8.32 Å². The Morgan fingerprint density at radius 2 is 1.63 bits per heavy atom. The first-order chi connectivity index (χ1) is 8.69. The summed E-state index contributed by atoms with van der Waals surface area (Å²) >= 11 is 0. The number of methoxy groups -OCH3 is 2. The Morgan fingerprint density at radius 3 is 2.00 bits per heavy atom. The van der Waals surface area contributed by atoms with Crippen LogP contribution in [0.25, 0.3) is 0 Å². The van der Waals surface area contributed by atoms with Crippen molar-refractivity contribution in [2.75, 3.05) is 20.8 Å². The van der Waals surface area contributed by atoms with Gasteiger partial charge in [0.1, 0.15) is 6.29 Å². The van der Waals surface area contributed by atoms with E-state index in [0.29, 0.717) is 13.0 Å². The van der Waals surface area contributed by atoms with Gasteiger partial charge in [-0.1, -0.05) is 20.8 Å². The monoisotopic (exact) mass is 290 g/mol. The number of hydrogen-bond donors (Lipinski definition) is 0. The Labute approximate surface area is 118 Å². The molecule has 0 bridgehead atoms. The molecular weight excluding hydrogens is 260 g/mol. The predicted octanol–water partition coefficient (Wildman–Crippen LogP) is 3.02. The van der Waals surface area contributed by atoms with Gasteiger partial charge in [-0.05, 0) is 24.6 Å². The number of carbonyl (C=O) groups excluding carboxylic acids is 1. The molecule has 0 N–H and O–H groups in total. The van der Waals surface area contributed by atoms with Gasteiger partial charge < -0.3 is 18.7 Å². The normalized spacial score (nSPS) is 16.2. The molecule has 0 aromatic heterocycles. The van der Waals surface area contributed by atoms with Crippen LogP contribution in [0.2, 0.25) is 18.1 Å². The molecule has 0 aromatic rings. The Kier molecular flexibility index (Phi) is 8.04. The molecule has 5 heteroatoms. The van der Waals surface area contributed by atoms with Gasteiger partial charge in [-0.2, -0.15) is 0 Å². The predicted molar refractivity (Wildman–Crippen MR) is 80.0 cm³/mol. The highest BCUT2D eigenvalue weighted by Gasteiger charge is 2.37. The third kappa shape index (κ3) is 6.16. The second-order valence-corrected chi connectivity index (χ2v) is 11.2. The van der Waals surface area contributed by atoms with Gasteiger partial charge in [-0.3, -0.25) is 0 Å². The first kappa shape index (κ1) is 18.8. The highest BCUT2D eigenvalue weighted by Crippen LogP contribution is 2.36. The van der Waals surface area contributed by atoms with Crippen molar-refractivity contribution in [1.29, 1.82) is 0 Å². The minimum atomic E-state index is -1.71. The van der Waals surface area contributed by atoms with Crippen LogP contribution in [0.5, 0.6) is 0 Å². The zero-order valence-corrected chi connectivity index (χ0v) is 14.5. The molecule has 0 radical (unpaired) electrons. The van der Waals surface area contributed by atoms with Crippen molar-refractivity contribution in [1.82, 2.24) is 0 Å². The molecule has 0 saturated carbocycles. The highest BCUT2D eigenvalue weighted by molar-refractivity contribution is 6.74. The fourth-order valence-electron chi connectivity index (χ4n) is 1.60. The highest BCUT2D eigenvalue weighted by atomic mass is 28.4. The van der Waals surface area contributed by atoms with E-state index < -0.39 is 8.32 Å². The van der Waals surface area contributed by atoms with Crippen LogP contribution in [0.1, 0.15) is 33.6 Å². The summed E-state index contributed by atoms with van der Waals surface area (Å²) in [6.07, 6.45) is 1.68. The molecule has 4 nitrogen and oxygen atoms in total. The minimum absolute atomic E-state index is 0.0973. The van der Waals surface area contributed by atoms with E-state index in [1.54, 1.807) is 14.2 Å². The van der Waals surface area contributed by atoms with Crippen molar-refractivity contribution in [3.8, 4) is 0 Å². The van der Waals surface area contributed by atoms with Crippen molar-refractivity contribution < 1.29 is 18.7 Å². The molecule has 0 amide bonds. The fraction of sp³-hybridized carbons (Fsp3) is 0.929.